The van der Waals surface area contributed by atoms with Gasteiger partial charge in [-0.3, -0.25) is 9.89 Å². The van der Waals surface area contributed by atoms with Gasteiger partial charge < -0.3 is 9.47 Å². The van der Waals surface area contributed by atoms with Crippen LogP contribution in [0.5, 0.6) is 0 Å². The Morgan fingerprint density at radius 2 is 2.21 bits per heavy atom. The van der Waals surface area contributed by atoms with Gasteiger partial charge in [0.15, 0.2) is 5.82 Å². The number of carbonyl (C=O) groups is 1. The highest BCUT2D eigenvalue weighted by atomic mass is 35.5. The SMILES string of the molecule is Cc1nc(CN(C)C(=O)c2cc(Cl)c(Cl)n2C)n[nH]1. The number of nitrogens with one attached hydrogen (secondary N) is 1. The molecule has 0 aliphatic rings. The van der Waals surface area contributed by atoms with Crippen molar-refractivity contribution in [3.63, 3.8) is 0 Å². The maximum absolute atomic E-state index is 12.3. The van der Waals surface area contributed by atoms with E-state index in [0.29, 0.717) is 34.1 Å². The van der Waals surface area contributed by atoms with Crippen molar-refractivity contribution in [2.24, 2.45) is 7.05 Å². The average molecular weight is 302 g/mol. The van der Waals surface area contributed by atoms with Gasteiger partial charge >= 0.3 is 0 Å². The fourth-order valence-corrected chi connectivity index (χ4v) is 2.06. The number of hydrogen-bond acceptors (Lipinski definition) is 3. The first-order valence-corrected chi connectivity index (χ1v) is 6.29. The molecule has 2 heterocycles. The van der Waals surface area contributed by atoms with Crippen LogP contribution in [0, 0.1) is 6.92 Å². The van der Waals surface area contributed by atoms with Crippen LogP contribution in [0.4, 0.5) is 0 Å². The first-order chi connectivity index (χ1) is 8.90. The molecule has 2 aromatic rings. The molecule has 2 rings (SSSR count). The van der Waals surface area contributed by atoms with Crippen LogP contribution < -0.4 is 0 Å². The van der Waals surface area contributed by atoms with Crippen molar-refractivity contribution in [1.82, 2.24) is 24.6 Å². The summed E-state index contributed by atoms with van der Waals surface area (Å²) in [6.45, 7) is 2.11. The summed E-state index contributed by atoms with van der Waals surface area (Å²) < 4.78 is 1.55. The summed E-state index contributed by atoms with van der Waals surface area (Å²) in [5.74, 6) is 1.07. The van der Waals surface area contributed by atoms with E-state index in [4.69, 9.17) is 23.2 Å². The standard InChI is InChI=1S/C11H13Cl2N5O/c1-6-14-9(16-15-6)5-17(2)11(19)8-4-7(12)10(13)18(8)3/h4H,5H2,1-3H3,(H,14,15,16). The maximum atomic E-state index is 12.3. The van der Waals surface area contributed by atoms with Gasteiger partial charge in [0.1, 0.15) is 16.7 Å². The molecule has 0 aromatic carbocycles. The summed E-state index contributed by atoms with van der Waals surface area (Å²) in [6.07, 6.45) is 0. The summed E-state index contributed by atoms with van der Waals surface area (Å²) >= 11 is 11.8. The number of aryl methyl sites for hydroxylation is 1. The fraction of sp³-hybridized carbons (Fsp3) is 0.364. The van der Waals surface area contributed by atoms with Gasteiger partial charge in [-0.15, -0.1) is 0 Å². The summed E-state index contributed by atoms with van der Waals surface area (Å²) in [7, 11) is 3.36. The number of halogens is 2. The van der Waals surface area contributed by atoms with Crippen LogP contribution in [-0.4, -0.2) is 37.6 Å². The van der Waals surface area contributed by atoms with Gasteiger partial charge in [-0.1, -0.05) is 23.2 Å². The third-order valence-corrected chi connectivity index (χ3v) is 3.55. The Morgan fingerprint density at radius 1 is 1.53 bits per heavy atom. The van der Waals surface area contributed by atoms with Gasteiger partial charge in [-0.2, -0.15) is 5.10 Å². The summed E-state index contributed by atoms with van der Waals surface area (Å²) in [5.41, 5.74) is 0.421. The lowest BCUT2D eigenvalue weighted by atomic mass is 10.3. The second kappa shape index (κ2) is 5.22. The minimum atomic E-state index is -0.196. The van der Waals surface area contributed by atoms with Crippen LogP contribution in [-0.2, 0) is 13.6 Å². The van der Waals surface area contributed by atoms with E-state index >= 15 is 0 Å². The van der Waals surface area contributed by atoms with Crippen molar-refractivity contribution < 1.29 is 4.79 Å². The molecule has 0 saturated carbocycles. The zero-order valence-electron chi connectivity index (χ0n) is 10.7. The molecule has 0 aliphatic carbocycles. The van der Waals surface area contributed by atoms with E-state index in [9.17, 15) is 4.79 Å². The van der Waals surface area contributed by atoms with Gasteiger partial charge in [0.2, 0.25) is 0 Å². The van der Waals surface area contributed by atoms with E-state index in [1.54, 1.807) is 31.7 Å². The van der Waals surface area contributed by atoms with Gasteiger partial charge in [0.25, 0.3) is 5.91 Å². The number of amides is 1. The zero-order chi connectivity index (χ0) is 14.2. The molecule has 6 nitrogen and oxygen atoms in total. The van der Waals surface area contributed by atoms with E-state index in [1.165, 1.54) is 4.90 Å². The minimum Gasteiger partial charge on any atom is -0.333 e. The minimum absolute atomic E-state index is 0.196. The molecule has 1 N–H and O–H groups in total. The van der Waals surface area contributed by atoms with Gasteiger partial charge in [0, 0.05) is 14.1 Å². The molecule has 0 unspecified atom stereocenters. The van der Waals surface area contributed by atoms with Crippen LogP contribution >= 0.6 is 23.2 Å². The Hall–Kier alpha value is -1.53. The zero-order valence-corrected chi connectivity index (χ0v) is 12.2. The number of nitrogens with zero attached hydrogens (tertiary/aromatic N) is 4. The van der Waals surface area contributed by atoms with E-state index in [0.717, 1.165) is 0 Å². The number of H-pyrrole nitrogens is 1. The first-order valence-electron chi connectivity index (χ1n) is 5.54. The molecule has 19 heavy (non-hydrogen) atoms. The van der Waals surface area contributed by atoms with Crippen molar-refractivity contribution in [3.8, 4) is 0 Å². The molecule has 102 valence electrons. The lowest BCUT2D eigenvalue weighted by molar-refractivity contribution is 0.0772. The van der Waals surface area contributed by atoms with Crippen LogP contribution in [0.1, 0.15) is 22.1 Å². The van der Waals surface area contributed by atoms with Crippen molar-refractivity contribution >= 4 is 29.1 Å². The first kappa shape index (κ1) is 13.9. The molecule has 0 fully saturated rings. The molecule has 1 amide bonds. The second-order valence-electron chi connectivity index (χ2n) is 4.23. The quantitative estimate of drug-likeness (QED) is 0.943. The Kier molecular flexibility index (Phi) is 3.82. The molecular weight excluding hydrogens is 289 g/mol. The van der Waals surface area contributed by atoms with Crippen LogP contribution in [0.2, 0.25) is 10.2 Å². The number of aromatic amines is 1. The van der Waals surface area contributed by atoms with Gasteiger partial charge in [0.05, 0.1) is 11.6 Å². The average Bonchev–Trinajstić information content (AvgIpc) is 2.87. The van der Waals surface area contributed by atoms with E-state index in [1.807, 2.05) is 0 Å². The fourth-order valence-electron chi connectivity index (χ4n) is 1.69. The number of carbonyl (C=O) groups excluding carboxylic acids is 1. The van der Waals surface area contributed by atoms with Crippen LogP contribution in [0.15, 0.2) is 6.07 Å². The third-order valence-electron chi connectivity index (χ3n) is 2.70. The largest absolute Gasteiger partial charge is 0.333 e. The molecule has 0 bridgehead atoms. The number of hydrogen-bond donors (Lipinski definition) is 1. The van der Waals surface area contributed by atoms with Gasteiger partial charge in [-0.05, 0) is 13.0 Å². The highest BCUT2D eigenvalue weighted by molar-refractivity contribution is 6.41. The smallest absolute Gasteiger partial charge is 0.270 e. The molecule has 0 atom stereocenters. The molecule has 8 heteroatoms. The molecule has 0 radical (unpaired) electrons. The topological polar surface area (TPSA) is 66.8 Å². The Bertz CT molecular complexity index is 619. The van der Waals surface area contributed by atoms with Crippen molar-refractivity contribution in [2.75, 3.05) is 7.05 Å². The number of aromatic nitrogens is 4. The Balaban J connectivity index is 2.17. The summed E-state index contributed by atoms with van der Waals surface area (Å²) in [5, 5.41) is 7.41. The summed E-state index contributed by atoms with van der Waals surface area (Å²) in [6, 6.07) is 1.55. The number of rotatable bonds is 3. The molecule has 0 spiro atoms. The Morgan fingerprint density at radius 3 is 2.68 bits per heavy atom. The molecular formula is C11H13Cl2N5O. The normalized spacial score (nSPS) is 10.8. The summed E-state index contributed by atoms with van der Waals surface area (Å²) in [4.78, 5) is 17.9. The lowest BCUT2D eigenvalue weighted by Crippen LogP contribution is -2.28. The van der Waals surface area contributed by atoms with E-state index < -0.39 is 0 Å². The predicted octanol–water partition coefficient (Wildman–Crippen LogP) is 2.03. The molecule has 0 saturated heterocycles. The molecule has 2 aromatic heterocycles. The monoisotopic (exact) mass is 301 g/mol. The van der Waals surface area contributed by atoms with Crippen molar-refractivity contribution in [2.45, 2.75) is 13.5 Å². The Labute approximate surface area is 120 Å². The maximum Gasteiger partial charge on any atom is 0.270 e. The predicted molar refractivity (Wildman–Crippen MR) is 72.4 cm³/mol. The van der Waals surface area contributed by atoms with Gasteiger partial charge in [-0.25, -0.2) is 4.98 Å². The van der Waals surface area contributed by atoms with Crippen molar-refractivity contribution in [3.05, 3.63) is 33.6 Å². The van der Waals surface area contributed by atoms with Crippen LogP contribution in [0.25, 0.3) is 0 Å². The highest BCUT2D eigenvalue weighted by Crippen LogP contribution is 2.25. The second-order valence-corrected chi connectivity index (χ2v) is 4.99. The molecule has 0 aliphatic heterocycles. The van der Waals surface area contributed by atoms with E-state index in [-0.39, 0.29) is 5.91 Å². The highest BCUT2D eigenvalue weighted by Gasteiger charge is 2.20. The lowest BCUT2D eigenvalue weighted by Gasteiger charge is -2.15. The van der Waals surface area contributed by atoms with Crippen LogP contribution in [0.3, 0.4) is 0 Å². The van der Waals surface area contributed by atoms with Crippen molar-refractivity contribution in [1.29, 1.82) is 0 Å². The third kappa shape index (κ3) is 2.74. The van der Waals surface area contributed by atoms with E-state index in [2.05, 4.69) is 15.2 Å².